The monoisotopic (exact) mass is 269 g/mol. The van der Waals surface area contributed by atoms with Gasteiger partial charge in [0.15, 0.2) is 0 Å². The van der Waals surface area contributed by atoms with Gasteiger partial charge in [-0.15, -0.1) is 0 Å². The molecule has 3 heteroatoms. The van der Waals surface area contributed by atoms with Crippen LogP contribution in [0.5, 0.6) is 5.75 Å². The van der Waals surface area contributed by atoms with Gasteiger partial charge >= 0.3 is 0 Å². The van der Waals surface area contributed by atoms with Crippen molar-refractivity contribution in [3.8, 4) is 16.9 Å². The summed E-state index contributed by atoms with van der Waals surface area (Å²) in [6.07, 6.45) is 1.95. The summed E-state index contributed by atoms with van der Waals surface area (Å²) in [6, 6.07) is 16.3. The van der Waals surface area contributed by atoms with E-state index >= 15 is 0 Å². The van der Waals surface area contributed by atoms with E-state index in [4.69, 9.17) is 9.94 Å². The zero-order chi connectivity index (χ0) is 14.4. The summed E-state index contributed by atoms with van der Waals surface area (Å²) >= 11 is 0. The van der Waals surface area contributed by atoms with Crippen LogP contribution in [0.3, 0.4) is 0 Å². The minimum absolute atomic E-state index is 0.443. The molecule has 0 saturated heterocycles. The third-order valence-electron chi connectivity index (χ3n) is 3.24. The first-order valence-electron chi connectivity index (χ1n) is 6.53. The molecule has 0 aliphatic heterocycles. The van der Waals surface area contributed by atoms with E-state index in [0.29, 0.717) is 6.54 Å². The average molecular weight is 269 g/mol. The van der Waals surface area contributed by atoms with Crippen molar-refractivity contribution in [1.82, 2.24) is 5.48 Å². The molecular weight excluding hydrogens is 250 g/mol. The molecule has 0 bridgehead atoms. The van der Waals surface area contributed by atoms with Crippen LogP contribution in [0, 0.1) is 0 Å². The molecule has 104 valence electrons. The van der Waals surface area contributed by atoms with Gasteiger partial charge in [-0.1, -0.05) is 36.4 Å². The summed E-state index contributed by atoms with van der Waals surface area (Å²) in [7, 11) is 1.67. The standard InChI is InChI=1S/C17H19NO2/c1-13(10-11-18-19)15-4-3-5-16(12-15)14-6-8-17(20-2)9-7-14/h3-10,12,18-19H,11H2,1-2H3/b13-10-. The quantitative estimate of drug-likeness (QED) is 0.812. The molecule has 0 saturated carbocycles. The van der Waals surface area contributed by atoms with Crippen LogP contribution in [-0.4, -0.2) is 18.9 Å². The second kappa shape index (κ2) is 6.89. The SMILES string of the molecule is COc1ccc(-c2cccc(/C(C)=C\CNO)c2)cc1. The number of allylic oxidation sites excluding steroid dienone is 1. The molecule has 0 aliphatic rings. The first kappa shape index (κ1) is 14.3. The number of hydrogen-bond acceptors (Lipinski definition) is 3. The number of methoxy groups -OCH3 is 1. The Morgan fingerprint density at radius 2 is 1.90 bits per heavy atom. The Bertz CT molecular complexity index is 588. The first-order valence-corrected chi connectivity index (χ1v) is 6.53. The number of rotatable bonds is 5. The van der Waals surface area contributed by atoms with Crippen molar-refractivity contribution in [2.24, 2.45) is 0 Å². The maximum atomic E-state index is 8.64. The van der Waals surface area contributed by atoms with E-state index in [0.717, 1.165) is 28.0 Å². The Balaban J connectivity index is 2.28. The van der Waals surface area contributed by atoms with Crippen LogP contribution >= 0.6 is 0 Å². The third kappa shape index (κ3) is 3.47. The normalized spacial score (nSPS) is 11.4. The molecule has 0 heterocycles. The second-order valence-electron chi connectivity index (χ2n) is 4.56. The number of benzene rings is 2. The van der Waals surface area contributed by atoms with Gasteiger partial charge in [0.05, 0.1) is 7.11 Å². The smallest absolute Gasteiger partial charge is 0.118 e. The maximum absolute atomic E-state index is 8.64. The number of hydrogen-bond donors (Lipinski definition) is 2. The molecule has 0 spiro atoms. The fourth-order valence-corrected chi connectivity index (χ4v) is 2.04. The summed E-state index contributed by atoms with van der Waals surface area (Å²) in [6.45, 7) is 2.48. The van der Waals surface area contributed by atoms with Crippen molar-refractivity contribution in [2.75, 3.05) is 13.7 Å². The largest absolute Gasteiger partial charge is 0.497 e. The Labute approximate surface area is 119 Å². The Morgan fingerprint density at radius 1 is 1.15 bits per heavy atom. The van der Waals surface area contributed by atoms with Gasteiger partial charge in [-0.3, -0.25) is 0 Å². The van der Waals surface area contributed by atoms with Gasteiger partial charge in [-0.05, 0) is 47.4 Å². The molecule has 0 radical (unpaired) electrons. The summed E-state index contributed by atoms with van der Waals surface area (Å²) in [5.41, 5.74) is 6.73. The summed E-state index contributed by atoms with van der Waals surface area (Å²) in [4.78, 5) is 0. The van der Waals surface area contributed by atoms with Gasteiger partial charge in [0.25, 0.3) is 0 Å². The predicted octanol–water partition coefficient (Wildman–Crippen LogP) is 3.74. The van der Waals surface area contributed by atoms with Crippen LogP contribution in [0.25, 0.3) is 16.7 Å². The molecule has 0 aliphatic carbocycles. The average Bonchev–Trinajstić information content (AvgIpc) is 2.52. The van der Waals surface area contributed by atoms with Crippen molar-refractivity contribution in [2.45, 2.75) is 6.92 Å². The van der Waals surface area contributed by atoms with E-state index in [-0.39, 0.29) is 0 Å². The maximum Gasteiger partial charge on any atom is 0.118 e. The van der Waals surface area contributed by atoms with Crippen LogP contribution in [0.2, 0.25) is 0 Å². The van der Waals surface area contributed by atoms with Gasteiger partial charge in [-0.25, -0.2) is 5.48 Å². The van der Waals surface area contributed by atoms with Crippen LogP contribution < -0.4 is 10.2 Å². The van der Waals surface area contributed by atoms with Gasteiger partial charge < -0.3 is 9.94 Å². The lowest BCUT2D eigenvalue weighted by Crippen LogP contribution is -2.05. The molecule has 0 amide bonds. The van der Waals surface area contributed by atoms with Crippen molar-refractivity contribution in [3.05, 3.63) is 60.2 Å². The van der Waals surface area contributed by atoms with Gasteiger partial charge in [-0.2, -0.15) is 0 Å². The minimum Gasteiger partial charge on any atom is -0.497 e. The van der Waals surface area contributed by atoms with E-state index in [1.165, 1.54) is 0 Å². The highest BCUT2D eigenvalue weighted by molar-refractivity contribution is 5.72. The first-order chi connectivity index (χ1) is 9.74. The summed E-state index contributed by atoms with van der Waals surface area (Å²) < 4.78 is 5.17. The van der Waals surface area contributed by atoms with Gasteiger partial charge in [0, 0.05) is 6.54 Å². The van der Waals surface area contributed by atoms with Crippen molar-refractivity contribution >= 4 is 5.57 Å². The zero-order valence-corrected chi connectivity index (χ0v) is 11.8. The number of ether oxygens (including phenoxy) is 1. The fourth-order valence-electron chi connectivity index (χ4n) is 2.04. The highest BCUT2D eigenvalue weighted by Gasteiger charge is 2.01. The predicted molar refractivity (Wildman–Crippen MR) is 81.9 cm³/mol. The second-order valence-corrected chi connectivity index (χ2v) is 4.56. The fraction of sp³-hybridized carbons (Fsp3) is 0.176. The molecular formula is C17H19NO2. The molecule has 3 nitrogen and oxygen atoms in total. The van der Waals surface area contributed by atoms with E-state index in [2.05, 4.69) is 23.7 Å². The molecule has 0 fully saturated rings. The van der Waals surface area contributed by atoms with Crippen LogP contribution in [0.1, 0.15) is 12.5 Å². The third-order valence-corrected chi connectivity index (χ3v) is 3.24. The van der Waals surface area contributed by atoms with Gasteiger partial charge in [0.2, 0.25) is 0 Å². The number of nitrogens with one attached hydrogen (secondary N) is 1. The van der Waals surface area contributed by atoms with Crippen LogP contribution in [0.15, 0.2) is 54.6 Å². The van der Waals surface area contributed by atoms with Crippen molar-refractivity contribution in [3.63, 3.8) is 0 Å². The van der Waals surface area contributed by atoms with E-state index in [1.54, 1.807) is 7.11 Å². The molecule has 0 unspecified atom stereocenters. The topological polar surface area (TPSA) is 41.5 Å². The Hall–Kier alpha value is -2.10. The van der Waals surface area contributed by atoms with E-state index in [9.17, 15) is 0 Å². The molecule has 2 aromatic rings. The highest BCUT2D eigenvalue weighted by atomic mass is 16.5. The lowest BCUT2D eigenvalue weighted by molar-refractivity contribution is 0.180. The Kier molecular flexibility index (Phi) is 4.93. The zero-order valence-electron chi connectivity index (χ0n) is 11.8. The number of hydroxylamine groups is 1. The molecule has 20 heavy (non-hydrogen) atoms. The summed E-state index contributed by atoms with van der Waals surface area (Å²) in [5, 5.41) is 8.64. The molecule has 2 N–H and O–H groups in total. The lowest BCUT2D eigenvalue weighted by Gasteiger charge is -2.07. The molecule has 2 rings (SSSR count). The van der Waals surface area contributed by atoms with Crippen molar-refractivity contribution in [1.29, 1.82) is 0 Å². The van der Waals surface area contributed by atoms with Crippen molar-refractivity contribution < 1.29 is 9.94 Å². The van der Waals surface area contributed by atoms with Crippen LogP contribution in [0.4, 0.5) is 0 Å². The summed E-state index contributed by atoms with van der Waals surface area (Å²) in [5.74, 6) is 0.856. The van der Waals surface area contributed by atoms with E-state index < -0.39 is 0 Å². The molecule has 2 aromatic carbocycles. The van der Waals surface area contributed by atoms with E-state index in [1.807, 2.05) is 43.3 Å². The Morgan fingerprint density at radius 3 is 2.55 bits per heavy atom. The van der Waals surface area contributed by atoms with Crippen LogP contribution in [-0.2, 0) is 0 Å². The lowest BCUT2D eigenvalue weighted by atomic mass is 9.99. The highest BCUT2D eigenvalue weighted by Crippen LogP contribution is 2.25. The molecule has 0 atom stereocenters. The minimum atomic E-state index is 0.443. The van der Waals surface area contributed by atoms with Gasteiger partial charge in [0.1, 0.15) is 5.75 Å². The molecule has 0 aromatic heterocycles.